The molecule has 5 heteroatoms. The van der Waals surface area contributed by atoms with Crippen molar-refractivity contribution in [3.63, 3.8) is 0 Å². The van der Waals surface area contributed by atoms with Crippen LogP contribution in [-0.4, -0.2) is 46.1 Å². The zero-order valence-electron chi connectivity index (χ0n) is 26.5. The molecule has 236 valence electrons. The summed E-state index contributed by atoms with van der Waals surface area (Å²) in [4.78, 5) is 12.3. The first-order valence-corrected chi connectivity index (χ1v) is 17.1. The maximum Gasteiger partial charge on any atom is 0.222 e. The number of amides is 1. The Balaban J connectivity index is 3.82. The minimum atomic E-state index is -0.945. The summed E-state index contributed by atoms with van der Waals surface area (Å²) in [6.07, 6.45) is 34.4. The Morgan fingerprint density at radius 1 is 0.625 bits per heavy atom. The smallest absolute Gasteiger partial charge is 0.222 e. The molecule has 40 heavy (non-hydrogen) atoms. The molecule has 0 saturated heterocycles. The summed E-state index contributed by atoms with van der Waals surface area (Å²) < 4.78 is 0. The summed E-state index contributed by atoms with van der Waals surface area (Å²) in [5.74, 6) is -0.328. The lowest BCUT2D eigenvalue weighted by atomic mass is 10.0. The fourth-order valence-electron chi connectivity index (χ4n) is 5.06. The third-order valence-electron chi connectivity index (χ3n) is 7.74. The number of nitrogens with one attached hydrogen (secondary N) is 1. The summed E-state index contributed by atoms with van der Waals surface area (Å²) in [5.41, 5.74) is 0. The standard InChI is InChI=1S/C35H67NO4/c1-3-5-7-9-11-13-15-16-17-19-21-23-25-27-29-34(39)33(31-37)36-35(40)30-32(38)28-26-24-22-20-18-14-12-10-8-6-4-2/h19,21,27,29,32-34,37-39H,3-18,20,22-26,28,30-31H2,1-2H3,(H,36,40)/b21-19+,29-27+. The quantitative estimate of drug-likeness (QED) is 0.0518. The number of allylic oxidation sites excluding steroid dienone is 3. The number of unbranched alkanes of at least 4 members (excludes halogenated alkanes) is 19. The molecule has 3 unspecified atom stereocenters. The van der Waals surface area contributed by atoms with E-state index in [0.29, 0.717) is 6.42 Å². The van der Waals surface area contributed by atoms with Crippen LogP contribution in [0.5, 0.6) is 0 Å². The zero-order valence-corrected chi connectivity index (χ0v) is 26.5. The van der Waals surface area contributed by atoms with E-state index in [-0.39, 0.29) is 18.9 Å². The van der Waals surface area contributed by atoms with Gasteiger partial charge in [0.15, 0.2) is 0 Å². The number of hydrogen-bond donors (Lipinski definition) is 4. The van der Waals surface area contributed by atoms with E-state index in [1.54, 1.807) is 6.08 Å². The van der Waals surface area contributed by atoms with Crippen molar-refractivity contribution in [3.8, 4) is 0 Å². The van der Waals surface area contributed by atoms with E-state index in [4.69, 9.17) is 0 Å². The highest BCUT2D eigenvalue weighted by molar-refractivity contribution is 5.76. The molecule has 0 fully saturated rings. The SMILES string of the molecule is CCCCCCCCCC/C=C/CC/C=C/C(O)C(CO)NC(=O)CC(O)CCCCCCCCCCCCC. The molecule has 0 aromatic rings. The Labute approximate surface area is 248 Å². The van der Waals surface area contributed by atoms with Crippen LogP contribution in [0.4, 0.5) is 0 Å². The molecular formula is C35H67NO4. The van der Waals surface area contributed by atoms with Crippen molar-refractivity contribution in [2.24, 2.45) is 0 Å². The zero-order chi connectivity index (χ0) is 29.5. The summed E-state index contributed by atoms with van der Waals surface area (Å²) in [5, 5.41) is 32.9. The molecule has 0 aliphatic rings. The lowest BCUT2D eigenvalue weighted by Gasteiger charge is -2.21. The minimum absolute atomic E-state index is 0.00828. The molecule has 0 aromatic carbocycles. The summed E-state index contributed by atoms with van der Waals surface area (Å²) >= 11 is 0. The normalized spacial score (nSPS) is 14.2. The van der Waals surface area contributed by atoms with Crippen LogP contribution in [-0.2, 0) is 4.79 Å². The van der Waals surface area contributed by atoms with Crippen LogP contribution >= 0.6 is 0 Å². The molecule has 0 bridgehead atoms. The second kappa shape index (κ2) is 30.8. The van der Waals surface area contributed by atoms with Gasteiger partial charge < -0.3 is 20.6 Å². The predicted molar refractivity (Wildman–Crippen MR) is 171 cm³/mol. The van der Waals surface area contributed by atoms with E-state index in [1.165, 1.54) is 109 Å². The third-order valence-corrected chi connectivity index (χ3v) is 7.74. The molecule has 0 radical (unpaired) electrons. The van der Waals surface area contributed by atoms with E-state index in [0.717, 1.165) is 32.1 Å². The minimum Gasteiger partial charge on any atom is -0.394 e. The first-order valence-electron chi connectivity index (χ1n) is 17.1. The van der Waals surface area contributed by atoms with Gasteiger partial charge in [0.2, 0.25) is 5.91 Å². The maximum absolute atomic E-state index is 12.3. The second-order valence-corrected chi connectivity index (χ2v) is 11.8. The van der Waals surface area contributed by atoms with Gasteiger partial charge in [-0.25, -0.2) is 0 Å². The highest BCUT2D eigenvalue weighted by Crippen LogP contribution is 2.14. The third kappa shape index (κ3) is 27.0. The average Bonchev–Trinajstić information content (AvgIpc) is 2.94. The van der Waals surface area contributed by atoms with Crippen LogP contribution in [0.1, 0.15) is 168 Å². The molecule has 0 spiro atoms. The second-order valence-electron chi connectivity index (χ2n) is 11.8. The number of carbonyl (C=O) groups is 1. The van der Waals surface area contributed by atoms with Gasteiger partial charge in [-0.05, 0) is 32.1 Å². The van der Waals surface area contributed by atoms with Crippen molar-refractivity contribution < 1.29 is 20.1 Å². The summed E-state index contributed by atoms with van der Waals surface area (Å²) in [7, 11) is 0. The van der Waals surface area contributed by atoms with Crippen molar-refractivity contribution >= 4 is 5.91 Å². The number of carbonyl (C=O) groups excluding carboxylic acids is 1. The van der Waals surface area contributed by atoms with E-state index >= 15 is 0 Å². The van der Waals surface area contributed by atoms with Crippen molar-refractivity contribution in [1.82, 2.24) is 5.32 Å². The molecular weight excluding hydrogens is 498 g/mol. The molecule has 0 aliphatic heterocycles. The number of aliphatic hydroxyl groups is 3. The number of hydrogen-bond acceptors (Lipinski definition) is 4. The van der Waals surface area contributed by atoms with Gasteiger partial charge in [0.1, 0.15) is 0 Å². The average molecular weight is 566 g/mol. The Morgan fingerprint density at radius 2 is 1.07 bits per heavy atom. The van der Waals surface area contributed by atoms with E-state index < -0.39 is 18.2 Å². The molecule has 5 nitrogen and oxygen atoms in total. The van der Waals surface area contributed by atoms with E-state index in [2.05, 4.69) is 31.3 Å². The first-order chi connectivity index (χ1) is 19.5. The van der Waals surface area contributed by atoms with Crippen molar-refractivity contribution in [2.45, 2.75) is 186 Å². The van der Waals surface area contributed by atoms with Crippen LogP contribution in [0.2, 0.25) is 0 Å². The van der Waals surface area contributed by atoms with Crippen LogP contribution in [0.25, 0.3) is 0 Å². The highest BCUT2D eigenvalue weighted by atomic mass is 16.3. The number of aliphatic hydroxyl groups excluding tert-OH is 3. The van der Waals surface area contributed by atoms with Crippen molar-refractivity contribution in [2.75, 3.05) is 6.61 Å². The Kier molecular flexibility index (Phi) is 29.9. The van der Waals surface area contributed by atoms with Gasteiger partial charge in [-0.3, -0.25) is 4.79 Å². The number of rotatable bonds is 30. The topological polar surface area (TPSA) is 89.8 Å². The van der Waals surface area contributed by atoms with Crippen molar-refractivity contribution in [1.29, 1.82) is 0 Å². The summed E-state index contributed by atoms with van der Waals surface area (Å²) in [6.45, 7) is 4.16. The molecule has 0 aliphatic carbocycles. The summed E-state index contributed by atoms with van der Waals surface area (Å²) in [6, 6.07) is -0.754. The molecule has 4 N–H and O–H groups in total. The van der Waals surface area contributed by atoms with Crippen LogP contribution in [0.15, 0.2) is 24.3 Å². The van der Waals surface area contributed by atoms with Crippen LogP contribution in [0.3, 0.4) is 0 Å². The van der Waals surface area contributed by atoms with E-state index in [9.17, 15) is 20.1 Å². The fourth-order valence-corrected chi connectivity index (χ4v) is 5.06. The monoisotopic (exact) mass is 566 g/mol. The van der Waals surface area contributed by atoms with Gasteiger partial charge in [0.25, 0.3) is 0 Å². The fraction of sp³-hybridized carbons (Fsp3) is 0.857. The van der Waals surface area contributed by atoms with Crippen molar-refractivity contribution in [3.05, 3.63) is 24.3 Å². The molecule has 0 heterocycles. The largest absolute Gasteiger partial charge is 0.394 e. The molecule has 0 saturated carbocycles. The van der Waals surface area contributed by atoms with Gasteiger partial charge in [0.05, 0.1) is 31.3 Å². The molecule has 0 aromatic heterocycles. The Morgan fingerprint density at radius 3 is 1.60 bits per heavy atom. The maximum atomic E-state index is 12.3. The van der Waals surface area contributed by atoms with Gasteiger partial charge >= 0.3 is 0 Å². The van der Waals surface area contributed by atoms with Gasteiger partial charge in [-0.15, -0.1) is 0 Å². The van der Waals surface area contributed by atoms with Crippen LogP contribution < -0.4 is 5.32 Å². The highest BCUT2D eigenvalue weighted by Gasteiger charge is 2.20. The van der Waals surface area contributed by atoms with Gasteiger partial charge in [-0.1, -0.05) is 154 Å². The van der Waals surface area contributed by atoms with Gasteiger partial charge in [0, 0.05) is 0 Å². The molecule has 3 atom stereocenters. The van der Waals surface area contributed by atoms with E-state index in [1.807, 2.05) is 6.08 Å². The predicted octanol–water partition coefficient (Wildman–Crippen LogP) is 8.70. The van der Waals surface area contributed by atoms with Crippen LogP contribution in [0, 0.1) is 0 Å². The molecule has 0 rings (SSSR count). The molecule has 1 amide bonds. The lowest BCUT2D eigenvalue weighted by Crippen LogP contribution is -2.45. The first kappa shape index (κ1) is 38.8. The lowest BCUT2D eigenvalue weighted by molar-refractivity contribution is -0.124. The van der Waals surface area contributed by atoms with Gasteiger partial charge in [-0.2, -0.15) is 0 Å². The Hall–Kier alpha value is -1.17. The Bertz CT molecular complexity index is 592.